The number of nitro benzene ring substituents is 1. The van der Waals surface area contributed by atoms with Crippen LogP contribution < -0.4 is 9.47 Å². The minimum atomic E-state index is -0.561. The average Bonchev–Trinajstić information content (AvgIpc) is 2.82. The minimum absolute atomic E-state index is 0.0379. The fourth-order valence-electron chi connectivity index (χ4n) is 1.85. The molecule has 1 aromatic rings. The molecule has 0 saturated heterocycles. The standard InChI is InChI=1S/C11H13NO6/c1-7(16-5-4-13)10-8(12(14)15)2-3-9-11(10)18-6-17-9/h2-3,7,13H,4-6H2,1H3. The van der Waals surface area contributed by atoms with Crippen LogP contribution in [0.3, 0.4) is 0 Å². The Morgan fingerprint density at radius 3 is 3.00 bits per heavy atom. The Labute approximate surface area is 103 Å². The van der Waals surface area contributed by atoms with Gasteiger partial charge in [-0.1, -0.05) is 0 Å². The number of hydrogen-bond donors (Lipinski definition) is 1. The number of aliphatic hydroxyl groups excluding tert-OH is 1. The Hall–Kier alpha value is -1.86. The van der Waals surface area contributed by atoms with Crippen LogP contribution in [-0.4, -0.2) is 30.0 Å². The van der Waals surface area contributed by atoms with Crippen molar-refractivity contribution in [2.45, 2.75) is 13.0 Å². The van der Waals surface area contributed by atoms with E-state index >= 15 is 0 Å². The number of hydrogen-bond acceptors (Lipinski definition) is 6. The average molecular weight is 255 g/mol. The number of fused-ring (bicyclic) bond motifs is 1. The van der Waals surface area contributed by atoms with Crippen molar-refractivity contribution >= 4 is 5.69 Å². The largest absolute Gasteiger partial charge is 0.454 e. The number of rotatable bonds is 5. The molecule has 0 radical (unpaired) electrons. The predicted octanol–water partition coefficient (Wildman–Crippen LogP) is 1.39. The maximum absolute atomic E-state index is 11.0. The van der Waals surface area contributed by atoms with Crippen molar-refractivity contribution in [2.24, 2.45) is 0 Å². The monoisotopic (exact) mass is 255 g/mol. The fraction of sp³-hybridized carbons (Fsp3) is 0.455. The van der Waals surface area contributed by atoms with Crippen molar-refractivity contribution in [1.82, 2.24) is 0 Å². The fourth-order valence-corrected chi connectivity index (χ4v) is 1.85. The van der Waals surface area contributed by atoms with Crippen molar-refractivity contribution in [3.8, 4) is 11.5 Å². The molecule has 1 N–H and O–H groups in total. The van der Waals surface area contributed by atoms with Gasteiger partial charge in [0.25, 0.3) is 5.69 Å². The van der Waals surface area contributed by atoms with Gasteiger partial charge in [0.05, 0.1) is 24.2 Å². The van der Waals surface area contributed by atoms with Crippen molar-refractivity contribution in [3.05, 3.63) is 27.8 Å². The molecule has 0 bridgehead atoms. The molecule has 0 amide bonds. The highest BCUT2D eigenvalue weighted by Gasteiger charge is 2.30. The first kappa shape index (κ1) is 12.6. The van der Waals surface area contributed by atoms with E-state index < -0.39 is 11.0 Å². The first-order valence-corrected chi connectivity index (χ1v) is 5.44. The zero-order valence-corrected chi connectivity index (χ0v) is 9.79. The van der Waals surface area contributed by atoms with Gasteiger partial charge in [-0.15, -0.1) is 0 Å². The van der Waals surface area contributed by atoms with Crippen LogP contribution in [0.2, 0.25) is 0 Å². The third-order valence-corrected chi connectivity index (χ3v) is 2.62. The number of benzene rings is 1. The molecule has 7 nitrogen and oxygen atoms in total. The molecule has 1 heterocycles. The zero-order chi connectivity index (χ0) is 13.1. The van der Waals surface area contributed by atoms with Crippen molar-refractivity contribution in [1.29, 1.82) is 0 Å². The molecule has 0 aliphatic carbocycles. The van der Waals surface area contributed by atoms with Crippen LogP contribution in [0.25, 0.3) is 0 Å². The molecular weight excluding hydrogens is 242 g/mol. The van der Waals surface area contributed by atoms with Gasteiger partial charge in [0.2, 0.25) is 6.79 Å². The van der Waals surface area contributed by atoms with Gasteiger partial charge in [-0.3, -0.25) is 10.1 Å². The van der Waals surface area contributed by atoms with E-state index in [1.54, 1.807) is 6.92 Å². The van der Waals surface area contributed by atoms with Crippen LogP contribution in [0.15, 0.2) is 12.1 Å². The SMILES string of the molecule is CC(OCCO)c1c([N+](=O)[O-])ccc2c1OCO2. The third-order valence-electron chi connectivity index (χ3n) is 2.62. The molecule has 0 aromatic heterocycles. The predicted molar refractivity (Wildman–Crippen MR) is 60.7 cm³/mol. The Kier molecular flexibility index (Phi) is 3.63. The molecular formula is C11H13NO6. The van der Waals surface area contributed by atoms with E-state index in [0.717, 1.165) is 0 Å². The van der Waals surface area contributed by atoms with Crippen LogP contribution in [0.5, 0.6) is 11.5 Å². The van der Waals surface area contributed by atoms with Gasteiger partial charge in [0.1, 0.15) is 5.56 Å². The molecule has 98 valence electrons. The summed E-state index contributed by atoms with van der Waals surface area (Å²) < 4.78 is 15.7. The summed E-state index contributed by atoms with van der Waals surface area (Å²) in [5, 5.41) is 19.7. The quantitative estimate of drug-likeness (QED) is 0.631. The van der Waals surface area contributed by atoms with E-state index in [0.29, 0.717) is 17.1 Å². The summed E-state index contributed by atoms with van der Waals surface area (Å²) >= 11 is 0. The number of aliphatic hydroxyl groups is 1. The van der Waals surface area contributed by atoms with E-state index in [1.165, 1.54) is 12.1 Å². The molecule has 18 heavy (non-hydrogen) atoms. The summed E-state index contributed by atoms with van der Waals surface area (Å²) in [4.78, 5) is 10.5. The Morgan fingerprint density at radius 1 is 1.56 bits per heavy atom. The van der Waals surface area contributed by atoms with E-state index in [2.05, 4.69) is 0 Å². The molecule has 1 aliphatic heterocycles. The highest BCUT2D eigenvalue weighted by atomic mass is 16.7. The molecule has 1 atom stereocenters. The first-order valence-electron chi connectivity index (χ1n) is 5.44. The van der Waals surface area contributed by atoms with E-state index in [4.69, 9.17) is 19.3 Å². The van der Waals surface area contributed by atoms with Gasteiger partial charge in [0, 0.05) is 6.07 Å². The third kappa shape index (κ3) is 2.22. The van der Waals surface area contributed by atoms with Gasteiger partial charge in [-0.2, -0.15) is 0 Å². The lowest BCUT2D eigenvalue weighted by molar-refractivity contribution is -0.386. The topological polar surface area (TPSA) is 91.1 Å². The maximum atomic E-state index is 11.0. The zero-order valence-electron chi connectivity index (χ0n) is 9.79. The highest BCUT2D eigenvalue weighted by Crippen LogP contribution is 2.44. The van der Waals surface area contributed by atoms with Crippen LogP contribution in [0.4, 0.5) is 5.69 Å². The lowest BCUT2D eigenvalue weighted by atomic mass is 10.1. The van der Waals surface area contributed by atoms with Crippen LogP contribution in [0, 0.1) is 10.1 Å². The van der Waals surface area contributed by atoms with Crippen LogP contribution in [0.1, 0.15) is 18.6 Å². The van der Waals surface area contributed by atoms with E-state index in [9.17, 15) is 10.1 Å². The van der Waals surface area contributed by atoms with Gasteiger partial charge in [-0.05, 0) is 13.0 Å². The second-order valence-electron chi connectivity index (χ2n) is 3.73. The van der Waals surface area contributed by atoms with Gasteiger partial charge < -0.3 is 19.3 Å². The molecule has 1 aliphatic rings. The van der Waals surface area contributed by atoms with Crippen molar-refractivity contribution in [3.63, 3.8) is 0 Å². The summed E-state index contributed by atoms with van der Waals surface area (Å²) in [5.41, 5.74) is 0.258. The van der Waals surface area contributed by atoms with Crippen molar-refractivity contribution < 1.29 is 24.2 Å². The van der Waals surface area contributed by atoms with Gasteiger partial charge >= 0.3 is 0 Å². The summed E-state index contributed by atoms with van der Waals surface area (Å²) in [6.45, 7) is 1.66. The first-order chi connectivity index (χ1) is 8.65. The maximum Gasteiger partial charge on any atom is 0.279 e. The molecule has 7 heteroatoms. The van der Waals surface area contributed by atoms with Gasteiger partial charge in [0.15, 0.2) is 11.5 Å². The smallest absolute Gasteiger partial charge is 0.279 e. The summed E-state index contributed by atoms with van der Waals surface area (Å²) in [5.74, 6) is 0.810. The minimum Gasteiger partial charge on any atom is -0.454 e. The number of nitro groups is 1. The highest BCUT2D eigenvalue weighted by molar-refractivity contribution is 5.59. The Balaban J connectivity index is 2.41. The molecule has 0 fully saturated rings. The summed E-state index contributed by atoms with van der Waals surface area (Å²) in [6.07, 6.45) is -0.561. The van der Waals surface area contributed by atoms with Crippen molar-refractivity contribution in [2.75, 3.05) is 20.0 Å². The summed E-state index contributed by atoms with van der Waals surface area (Å²) in [6, 6.07) is 2.87. The normalized spacial score (nSPS) is 14.6. The molecule has 0 spiro atoms. The van der Waals surface area contributed by atoms with E-state index in [1.807, 2.05) is 0 Å². The molecule has 1 unspecified atom stereocenters. The molecule has 1 aromatic carbocycles. The lowest BCUT2D eigenvalue weighted by Gasteiger charge is -2.14. The Bertz CT molecular complexity index is 461. The summed E-state index contributed by atoms with van der Waals surface area (Å²) in [7, 11) is 0. The second-order valence-corrected chi connectivity index (χ2v) is 3.73. The van der Waals surface area contributed by atoms with Crippen LogP contribution >= 0.6 is 0 Å². The van der Waals surface area contributed by atoms with Gasteiger partial charge in [-0.25, -0.2) is 0 Å². The number of ether oxygens (including phenoxy) is 3. The molecule has 0 saturated carbocycles. The lowest BCUT2D eigenvalue weighted by Crippen LogP contribution is -2.08. The van der Waals surface area contributed by atoms with Crippen LogP contribution in [-0.2, 0) is 4.74 Å². The molecule has 2 rings (SSSR count). The Morgan fingerprint density at radius 2 is 2.33 bits per heavy atom. The second kappa shape index (κ2) is 5.19. The van der Waals surface area contributed by atoms with E-state index in [-0.39, 0.29) is 25.7 Å². The number of nitrogens with zero attached hydrogens (tertiary/aromatic N) is 1.